The van der Waals surface area contributed by atoms with Crippen LogP contribution in [0.3, 0.4) is 0 Å². The smallest absolute Gasteiger partial charge is 0.0791 e. The van der Waals surface area contributed by atoms with Crippen LogP contribution in [0.1, 0.15) is 39.5 Å². The molecule has 0 bridgehead atoms. The van der Waals surface area contributed by atoms with Crippen LogP contribution in [0.4, 0.5) is 0 Å². The van der Waals surface area contributed by atoms with E-state index in [1.807, 2.05) is 0 Å². The lowest BCUT2D eigenvalue weighted by Gasteiger charge is -2.33. The Kier molecular flexibility index (Phi) is 7.01. The number of nitrogens with one attached hydrogen (secondary N) is 1. The van der Waals surface area contributed by atoms with Crippen LogP contribution in [0.5, 0.6) is 0 Å². The lowest BCUT2D eigenvalue weighted by atomic mass is 9.95. The molecule has 0 aliphatic carbocycles. The maximum Gasteiger partial charge on any atom is 0.0791 e. The molecule has 2 atom stereocenters. The molecule has 1 aliphatic heterocycles. The molecule has 0 spiro atoms. The van der Waals surface area contributed by atoms with Gasteiger partial charge in [0.25, 0.3) is 0 Å². The van der Waals surface area contributed by atoms with E-state index in [0.29, 0.717) is 0 Å². The van der Waals surface area contributed by atoms with Crippen molar-refractivity contribution in [2.75, 3.05) is 32.7 Å². The second kappa shape index (κ2) is 8.04. The van der Waals surface area contributed by atoms with Crippen LogP contribution in [-0.2, 0) is 0 Å². The van der Waals surface area contributed by atoms with Gasteiger partial charge in [0, 0.05) is 19.6 Å². The molecule has 3 heteroatoms. The highest BCUT2D eigenvalue weighted by molar-refractivity contribution is 4.75. The summed E-state index contributed by atoms with van der Waals surface area (Å²) in [5, 5.41) is 13.2. The summed E-state index contributed by atoms with van der Waals surface area (Å²) in [7, 11) is 0. The molecule has 0 aromatic rings. The van der Waals surface area contributed by atoms with Crippen molar-refractivity contribution in [2.45, 2.75) is 45.6 Å². The molecule has 1 fully saturated rings. The maximum absolute atomic E-state index is 9.88. The van der Waals surface area contributed by atoms with Crippen molar-refractivity contribution < 1.29 is 5.11 Å². The van der Waals surface area contributed by atoms with Crippen LogP contribution in [-0.4, -0.2) is 48.8 Å². The van der Waals surface area contributed by atoms with Crippen molar-refractivity contribution >= 4 is 0 Å². The molecule has 0 radical (unpaired) electrons. The van der Waals surface area contributed by atoms with Gasteiger partial charge < -0.3 is 15.3 Å². The van der Waals surface area contributed by atoms with Crippen molar-refractivity contribution in [3.63, 3.8) is 0 Å². The van der Waals surface area contributed by atoms with Crippen molar-refractivity contribution in [3.05, 3.63) is 0 Å². The molecule has 1 saturated heterocycles. The molecule has 0 amide bonds. The molecule has 0 aromatic carbocycles. The summed E-state index contributed by atoms with van der Waals surface area (Å²) < 4.78 is 0. The number of aliphatic hydroxyl groups is 1. The Morgan fingerprint density at radius 3 is 2.94 bits per heavy atom. The van der Waals surface area contributed by atoms with Crippen LogP contribution in [0.2, 0.25) is 0 Å². The zero-order valence-electron chi connectivity index (χ0n) is 10.9. The van der Waals surface area contributed by atoms with E-state index in [2.05, 4.69) is 24.1 Å². The number of piperidine rings is 1. The minimum Gasteiger partial charge on any atom is -0.390 e. The third-order valence-corrected chi connectivity index (χ3v) is 3.46. The van der Waals surface area contributed by atoms with Gasteiger partial charge in [-0.05, 0) is 38.3 Å². The highest BCUT2D eigenvalue weighted by atomic mass is 16.3. The van der Waals surface area contributed by atoms with Gasteiger partial charge in [-0.1, -0.05) is 20.3 Å². The molecular weight excluding hydrogens is 200 g/mol. The van der Waals surface area contributed by atoms with Crippen molar-refractivity contribution in [1.29, 1.82) is 0 Å². The van der Waals surface area contributed by atoms with Gasteiger partial charge in [-0.25, -0.2) is 0 Å². The molecule has 3 nitrogen and oxygen atoms in total. The van der Waals surface area contributed by atoms with Gasteiger partial charge in [0.1, 0.15) is 0 Å². The zero-order valence-corrected chi connectivity index (χ0v) is 10.9. The number of rotatable bonds is 7. The first kappa shape index (κ1) is 13.9. The Morgan fingerprint density at radius 2 is 2.25 bits per heavy atom. The summed E-state index contributed by atoms with van der Waals surface area (Å²) in [4.78, 5) is 2.43. The molecule has 0 saturated carbocycles. The molecule has 96 valence electrons. The van der Waals surface area contributed by atoms with E-state index in [-0.39, 0.29) is 6.10 Å². The van der Waals surface area contributed by atoms with Crippen molar-refractivity contribution in [3.8, 4) is 0 Å². The number of β-amino-alcohol motifs (C(OH)–C–C–N with tert-alkyl or cyclic N) is 1. The van der Waals surface area contributed by atoms with Gasteiger partial charge in [0.2, 0.25) is 0 Å². The fraction of sp³-hybridized carbons (Fsp3) is 1.00. The Hall–Kier alpha value is -0.120. The SMILES string of the molecule is CCCNCC(O)CN1CCCC(CC)C1. The summed E-state index contributed by atoms with van der Waals surface area (Å²) >= 11 is 0. The Balaban J connectivity index is 2.14. The first-order valence-corrected chi connectivity index (χ1v) is 6.87. The summed E-state index contributed by atoms with van der Waals surface area (Å²) in [6, 6.07) is 0. The molecule has 0 aromatic heterocycles. The van der Waals surface area contributed by atoms with E-state index in [9.17, 15) is 5.11 Å². The highest BCUT2D eigenvalue weighted by Crippen LogP contribution is 2.18. The topological polar surface area (TPSA) is 35.5 Å². The van der Waals surface area contributed by atoms with Gasteiger partial charge in [0.05, 0.1) is 6.10 Å². The van der Waals surface area contributed by atoms with Crippen LogP contribution in [0.25, 0.3) is 0 Å². The van der Waals surface area contributed by atoms with E-state index in [1.165, 1.54) is 32.4 Å². The lowest BCUT2D eigenvalue weighted by Crippen LogP contribution is -2.43. The normalized spacial score (nSPS) is 24.6. The molecule has 1 heterocycles. The minimum absolute atomic E-state index is 0.206. The molecule has 2 N–H and O–H groups in total. The highest BCUT2D eigenvalue weighted by Gasteiger charge is 2.20. The average Bonchev–Trinajstić information content (AvgIpc) is 2.29. The van der Waals surface area contributed by atoms with E-state index in [0.717, 1.165) is 32.0 Å². The fourth-order valence-electron chi connectivity index (χ4n) is 2.46. The summed E-state index contributed by atoms with van der Waals surface area (Å²) in [6.07, 6.45) is 4.88. The Labute approximate surface area is 100 Å². The van der Waals surface area contributed by atoms with Crippen LogP contribution in [0.15, 0.2) is 0 Å². The third-order valence-electron chi connectivity index (χ3n) is 3.46. The maximum atomic E-state index is 9.88. The number of likely N-dealkylation sites (tertiary alicyclic amines) is 1. The third kappa shape index (κ3) is 5.28. The van der Waals surface area contributed by atoms with Crippen molar-refractivity contribution in [2.24, 2.45) is 5.92 Å². The first-order chi connectivity index (χ1) is 7.76. The molecule has 2 unspecified atom stereocenters. The monoisotopic (exact) mass is 228 g/mol. The van der Waals surface area contributed by atoms with Gasteiger partial charge >= 0.3 is 0 Å². The fourth-order valence-corrected chi connectivity index (χ4v) is 2.46. The quantitative estimate of drug-likeness (QED) is 0.648. The van der Waals surface area contributed by atoms with Gasteiger partial charge in [-0.2, -0.15) is 0 Å². The summed E-state index contributed by atoms with van der Waals surface area (Å²) in [5.74, 6) is 0.851. The van der Waals surface area contributed by atoms with E-state index < -0.39 is 0 Å². The molecule has 1 rings (SSSR count). The molecular formula is C13H28N2O. The van der Waals surface area contributed by atoms with Gasteiger partial charge in [-0.3, -0.25) is 0 Å². The number of nitrogens with zero attached hydrogens (tertiary/aromatic N) is 1. The Bertz CT molecular complexity index is 175. The van der Waals surface area contributed by atoms with Crippen LogP contribution >= 0.6 is 0 Å². The largest absolute Gasteiger partial charge is 0.390 e. The number of hydrogen-bond donors (Lipinski definition) is 2. The van der Waals surface area contributed by atoms with Crippen LogP contribution < -0.4 is 5.32 Å². The molecule has 1 aliphatic rings. The summed E-state index contributed by atoms with van der Waals surface area (Å²) in [6.45, 7) is 9.36. The van der Waals surface area contributed by atoms with E-state index in [1.54, 1.807) is 0 Å². The van der Waals surface area contributed by atoms with Gasteiger partial charge in [0.15, 0.2) is 0 Å². The molecule has 16 heavy (non-hydrogen) atoms. The standard InChI is InChI=1S/C13H28N2O/c1-3-7-14-9-13(16)11-15-8-5-6-12(4-2)10-15/h12-14,16H,3-11H2,1-2H3. The van der Waals surface area contributed by atoms with E-state index >= 15 is 0 Å². The van der Waals surface area contributed by atoms with Crippen molar-refractivity contribution in [1.82, 2.24) is 10.2 Å². The van der Waals surface area contributed by atoms with E-state index in [4.69, 9.17) is 0 Å². The van der Waals surface area contributed by atoms with Gasteiger partial charge in [-0.15, -0.1) is 0 Å². The predicted molar refractivity (Wildman–Crippen MR) is 68.6 cm³/mol. The van der Waals surface area contributed by atoms with Crippen LogP contribution in [0, 0.1) is 5.92 Å². The lowest BCUT2D eigenvalue weighted by molar-refractivity contribution is 0.0833. The minimum atomic E-state index is -0.206. The predicted octanol–water partition coefficient (Wildman–Crippen LogP) is 1.47. The average molecular weight is 228 g/mol. The number of aliphatic hydroxyl groups excluding tert-OH is 1. The Morgan fingerprint density at radius 1 is 1.44 bits per heavy atom. The number of hydrogen-bond acceptors (Lipinski definition) is 3. The zero-order chi connectivity index (χ0) is 11.8. The summed E-state index contributed by atoms with van der Waals surface area (Å²) in [5.41, 5.74) is 0. The second-order valence-corrected chi connectivity index (χ2v) is 5.03. The first-order valence-electron chi connectivity index (χ1n) is 6.87. The second-order valence-electron chi connectivity index (χ2n) is 5.03.